The van der Waals surface area contributed by atoms with E-state index in [4.69, 9.17) is 9.84 Å². The molecule has 0 bridgehead atoms. The van der Waals surface area contributed by atoms with E-state index in [1.807, 2.05) is 6.92 Å². The maximum absolute atomic E-state index is 11.3. The zero-order chi connectivity index (χ0) is 15.2. The van der Waals surface area contributed by atoms with Crippen molar-refractivity contribution in [1.29, 1.82) is 0 Å². The number of hydrogen-bond donors (Lipinski definition) is 1. The second-order valence-corrected chi connectivity index (χ2v) is 5.35. The highest BCUT2D eigenvalue weighted by Crippen LogP contribution is 2.17. The zero-order valence-electron chi connectivity index (χ0n) is 13.0. The molecular formula is C16H30O4. The third-order valence-corrected chi connectivity index (χ3v) is 3.41. The lowest BCUT2D eigenvalue weighted by molar-refractivity contribution is -0.144. The summed E-state index contributed by atoms with van der Waals surface area (Å²) < 4.78 is 5.00. The van der Waals surface area contributed by atoms with Gasteiger partial charge in [-0.2, -0.15) is 0 Å². The van der Waals surface area contributed by atoms with Crippen LogP contribution in [0.5, 0.6) is 0 Å². The maximum atomic E-state index is 11.3. The monoisotopic (exact) mass is 286 g/mol. The van der Waals surface area contributed by atoms with E-state index in [1.54, 1.807) is 0 Å². The fourth-order valence-corrected chi connectivity index (χ4v) is 2.14. The number of hydrogen-bond acceptors (Lipinski definition) is 3. The standard InChI is InChI=1S/C16H30O4/c1-3-5-10-14(16(18)19)11-8-6-7-9-12-15(17)20-13-4-2/h14H,3-13H2,1-2H3,(H,18,19). The van der Waals surface area contributed by atoms with Crippen molar-refractivity contribution in [1.82, 2.24) is 0 Å². The Hall–Kier alpha value is -1.06. The highest BCUT2D eigenvalue weighted by atomic mass is 16.5. The minimum atomic E-state index is -0.665. The minimum Gasteiger partial charge on any atom is -0.481 e. The summed E-state index contributed by atoms with van der Waals surface area (Å²) in [6.07, 6.45) is 8.67. The Morgan fingerprint density at radius 2 is 1.60 bits per heavy atom. The average Bonchev–Trinajstić information content (AvgIpc) is 2.43. The van der Waals surface area contributed by atoms with Crippen LogP contribution in [0, 0.1) is 5.92 Å². The molecule has 0 radical (unpaired) electrons. The molecule has 0 heterocycles. The molecule has 4 heteroatoms. The molecule has 0 aliphatic heterocycles. The molecule has 4 nitrogen and oxygen atoms in total. The largest absolute Gasteiger partial charge is 0.481 e. The van der Waals surface area contributed by atoms with E-state index in [0.29, 0.717) is 13.0 Å². The van der Waals surface area contributed by atoms with Crippen LogP contribution < -0.4 is 0 Å². The van der Waals surface area contributed by atoms with Crippen molar-refractivity contribution < 1.29 is 19.4 Å². The first-order chi connectivity index (χ1) is 9.61. The van der Waals surface area contributed by atoms with Crippen LogP contribution in [0.1, 0.15) is 78.1 Å². The van der Waals surface area contributed by atoms with Gasteiger partial charge in [0.25, 0.3) is 0 Å². The number of carboxylic acids is 1. The summed E-state index contributed by atoms with van der Waals surface area (Å²) >= 11 is 0. The first-order valence-corrected chi connectivity index (χ1v) is 8.00. The molecule has 1 atom stereocenters. The molecule has 1 N–H and O–H groups in total. The summed E-state index contributed by atoms with van der Waals surface area (Å²) in [4.78, 5) is 22.3. The zero-order valence-corrected chi connectivity index (χ0v) is 13.0. The Bertz CT molecular complexity index is 263. The molecule has 0 amide bonds. The number of carbonyl (C=O) groups is 2. The summed E-state index contributed by atoms with van der Waals surface area (Å²) in [6.45, 7) is 4.57. The predicted octanol–water partition coefficient (Wildman–Crippen LogP) is 4.17. The molecule has 0 rings (SSSR count). The van der Waals surface area contributed by atoms with Gasteiger partial charge in [-0.15, -0.1) is 0 Å². The van der Waals surface area contributed by atoms with E-state index < -0.39 is 5.97 Å². The number of unbranched alkanes of at least 4 members (excludes halogenated alkanes) is 4. The third kappa shape index (κ3) is 10.8. The van der Waals surface area contributed by atoms with Crippen LogP contribution in [0.3, 0.4) is 0 Å². The lowest BCUT2D eigenvalue weighted by Gasteiger charge is -2.11. The lowest BCUT2D eigenvalue weighted by Crippen LogP contribution is -2.13. The van der Waals surface area contributed by atoms with Crippen LogP contribution in [0.2, 0.25) is 0 Å². The summed E-state index contributed by atoms with van der Waals surface area (Å²) in [5.74, 6) is -0.968. The molecule has 118 valence electrons. The van der Waals surface area contributed by atoms with Gasteiger partial charge in [0, 0.05) is 6.42 Å². The molecule has 0 aliphatic carbocycles. The van der Waals surface area contributed by atoms with Crippen molar-refractivity contribution in [2.45, 2.75) is 78.1 Å². The molecular weight excluding hydrogens is 256 g/mol. The molecule has 20 heavy (non-hydrogen) atoms. The van der Waals surface area contributed by atoms with Crippen molar-refractivity contribution in [3.05, 3.63) is 0 Å². The molecule has 0 aromatic carbocycles. The Labute approximate surface area is 122 Å². The van der Waals surface area contributed by atoms with Crippen LogP contribution >= 0.6 is 0 Å². The number of aliphatic carboxylic acids is 1. The van der Waals surface area contributed by atoms with Gasteiger partial charge in [0.2, 0.25) is 0 Å². The number of carboxylic acid groups (broad SMARTS) is 1. The van der Waals surface area contributed by atoms with E-state index in [1.165, 1.54) is 0 Å². The summed E-state index contributed by atoms with van der Waals surface area (Å²) in [7, 11) is 0. The smallest absolute Gasteiger partial charge is 0.306 e. The number of rotatable bonds is 13. The summed E-state index contributed by atoms with van der Waals surface area (Å²) in [5, 5.41) is 9.10. The number of esters is 1. The van der Waals surface area contributed by atoms with Crippen molar-refractivity contribution in [2.75, 3.05) is 6.61 Å². The van der Waals surface area contributed by atoms with Crippen LogP contribution in [-0.2, 0) is 14.3 Å². The van der Waals surface area contributed by atoms with E-state index in [2.05, 4.69) is 6.92 Å². The molecule has 0 spiro atoms. The quantitative estimate of drug-likeness (QED) is 0.407. The highest BCUT2D eigenvalue weighted by molar-refractivity contribution is 5.70. The SMILES string of the molecule is CCCCC(CCCCCCC(=O)OCCC)C(=O)O. The van der Waals surface area contributed by atoms with Gasteiger partial charge in [-0.25, -0.2) is 0 Å². The van der Waals surface area contributed by atoms with Gasteiger partial charge >= 0.3 is 11.9 Å². The van der Waals surface area contributed by atoms with Crippen LogP contribution in [-0.4, -0.2) is 23.7 Å². The fraction of sp³-hybridized carbons (Fsp3) is 0.875. The Balaban J connectivity index is 3.54. The summed E-state index contributed by atoms with van der Waals surface area (Å²) in [5.41, 5.74) is 0. The van der Waals surface area contributed by atoms with Crippen molar-refractivity contribution in [3.63, 3.8) is 0 Å². The molecule has 0 aromatic heterocycles. The maximum Gasteiger partial charge on any atom is 0.306 e. The Morgan fingerprint density at radius 3 is 2.20 bits per heavy atom. The normalized spacial score (nSPS) is 12.1. The lowest BCUT2D eigenvalue weighted by atomic mass is 9.95. The van der Waals surface area contributed by atoms with Gasteiger partial charge in [0.1, 0.15) is 0 Å². The van der Waals surface area contributed by atoms with Gasteiger partial charge < -0.3 is 9.84 Å². The van der Waals surface area contributed by atoms with Crippen molar-refractivity contribution in [3.8, 4) is 0 Å². The van der Waals surface area contributed by atoms with Crippen molar-refractivity contribution >= 4 is 11.9 Å². The van der Waals surface area contributed by atoms with Crippen LogP contribution in [0.15, 0.2) is 0 Å². The van der Waals surface area contributed by atoms with Gasteiger partial charge in [-0.1, -0.05) is 46.0 Å². The van der Waals surface area contributed by atoms with Crippen LogP contribution in [0.4, 0.5) is 0 Å². The van der Waals surface area contributed by atoms with Gasteiger partial charge in [-0.3, -0.25) is 9.59 Å². The highest BCUT2D eigenvalue weighted by Gasteiger charge is 2.15. The molecule has 0 saturated heterocycles. The van der Waals surface area contributed by atoms with Crippen molar-refractivity contribution in [2.24, 2.45) is 5.92 Å². The fourth-order valence-electron chi connectivity index (χ4n) is 2.14. The van der Waals surface area contributed by atoms with E-state index in [-0.39, 0.29) is 11.9 Å². The van der Waals surface area contributed by atoms with E-state index in [9.17, 15) is 9.59 Å². The Kier molecular flexibility index (Phi) is 12.3. The number of ether oxygens (including phenoxy) is 1. The van der Waals surface area contributed by atoms with Crippen LogP contribution in [0.25, 0.3) is 0 Å². The second-order valence-electron chi connectivity index (χ2n) is 5.35. The molecule has 0 fully saturated rings. The average molecular weight is 286 g/mol. The summed E-state index contributed by atoms with van der Waals surface area (Å²) in [6, 6.07) is 0. The first kappa shape index (κ1) is 18.9. The first-order valence-electron chi connectivity index (χ1n) is 8.00. The topological polar surface area (TPSA) is 63.6 Å². The number of carbonyl (C=O) groups excluding carboxylic acids is 1. The minimum absolute atomic E-state index is 0.113. The van der Waals surface area contributed by atoms with Gasteiger partial charge in [0.15, 0.2) is 0 Å². The van der Waals surface area contributed by atoms with E-state index in [0.717, 1.165) is 57.8 Å². The predicted molar refractivity (Wildman–Crippen MR) is 79.6 cm³/mol. The molecule has 0 aromatic rings. The molecule has 1 unspecified atom stereocenters. The van der Waals surface area contributed by atoms with Gasteiger partial charge in [-0.05, 0) is 25.7 Å². The molecule has 0 aliphatic rings. The van der Waals surface area contributed by atoms with E-state index >= 15 is 0 Å². The second kappa shape index (κ2) is 12.9. The Morgan fingerprint density at radius 1 is 0.950 bits per heavy atom. The van der Waals surface area contributed by atoms with Gasteiger partial charge in [0.05, 0.1) is 12.5 Å². The molecule has 0 saturated carbocycles. The third-order valence-electron chi connectivity index (χ3n) is 3.41.